The zero-order chi connectivity index (χ0) is 25.3. The molecule has 0 heterocycles. The molecule has 0 spiro atoms. The van der Waals surface area contributed by atoms with Crippen LogP contribution in [-0.2, 0) is 4.79 Å². The number of amides is 1. The third-order valence-corrected chi connectivity index (χ3v) is 6.75. The Bertz CT molecular complexity index is 1050. The van der Waals surface area contributed by atoms with E-state index < -0.39 is 41.8 Å². The molecule has 0 aromatic heterocycles. The lowest BCUT2D eigenvalue weighted by Crippen LogP contribution is -2.57. The highest BCUT2D eigenvalue weighted by Crippen LogP contribution is 2.52. The van der Waals surface area contributed by atoms with E-state index in [1.165, 1.54) is 26.0 Å². The number of carbonyl (C=O) groups is 1. The summed E-state index contributed by atoms with van der Waals surface area (Å²) < 4.78 is 58.1. The van der Waals surface area contributed by atoms with Crippen molar-refractivity contribution in [1.82, 2.24) is 4.90 Å². The first kappa shape index (κ1) is 26.0. The first-order chi connectivity index (χ1) is 15.8. The lowest BCUT2D eigenvalue weighted by Gasteiger charge is -2.42. The van der Waals surface area contributed by atoms with Gasteiger partial charge in [0.05, 0.1) is 12.1 Å². The average Bonchev–Trinajstić information content (AvgIpc) is 3.56. The number of rotatable bonds is 9. The van der Waals surface area contributed by atoms with Crippen LogP contribution in [0.5, 0.6) is 0 Å². The van der Waals surface area contributed by atoms with Gasteiger partial charge in [-0.25, -0.2) is 4.39 Å². The number of nitrogens with zero attached hydrogens (tertiary/aromatic N) is 2. The molecule has 3 rings (SSSR count). The first-order valence-corrected chi connectivity index (χ1v) is 12.0. The number of hydrogen-bond donors (Lipinski definition) is 1. The highest BCUT2D eigenvalue weighted by molar-refractivity contribution is 7.98. The van der Waals surface area contributed by atoms with Crippen LogP contribution in [0.25, 0.3) is 11.1 Å². The Hall–Kier alpha value is -2.57. The Labute approximate surface area is 201 Å². The average molecular weight is 494 g/mol. The number of carbonyl (C=O) groups excluding carboxylic acids is 1. The van der Waals surface area contributed by atoms with Crippen molar-refractivity contribution < 1.29 is 22.4 Å². The zero-order valence-corrected chi connectivity index (χ0v) is 20.0. The fourth-order valence-electron chi connectivity index (χ4n) is 4.22. The van der Waals surface area contributed by atoms with E-state index in [1.807, 2.05) is 36.6 Å². The molecule has 34 heavy (non-hydrogen) atoms. The topological polar surface area (TPSA) is 70.1 Å². The van der Waals surface area contributed by atoms with Crippen molar-refractivity contribution >= 4 is 17.7 Å². The third kappa shape index (κ3) is 5.73. The van der Waals surface area contributed by atoms with Crippen LogP contribution in [0, 0.1) is 11.3 Å². The lowest BCUT2D eigenvalue weighted by molar-refractivity contribution is -0.201. The van der Waals surface area contributed by atoms with E-state index in [0.717, 1.165) is 20.9 Å². The van der Waals surface area contributed by atoms with Gasteiger partial charge < -0.3 is 5.73 Å². The number of nitriles is 1. The van der Waals surface area contributed by atoms with E-state index in [0.29, 0.717) is 0 Å². The molecule has 2 atom stereocenters. The molecular weight excluding hydrogens is 466 g/mol. The predicted octanol–water partition coefficient (Wildman–Crippen LogP) is 6.03. The second kappa shape index (κ2) is 9.59. The maximum Gasteiger partial charge on any atom is 0.408 e. The van der Waals surface area contributed by atoms with Crippen LogP contribution in [0.3, 0.4) is 0 Å². The summed E-state index contributed by atoms with van der Waals surface area (Å²) in [4.78, 5) is 14.2. The number of halogens is 4. The largest absolute Gasteiger partial charge is 0.408 e. The van der Waals surface area contributed by atoms with Gasteiger partial charge in [0.1, 0.15) is 17.2 Å². The fraction of sp³-hybridized carbons (Fsp3) is 0.440. The van der Waals surface area contributed by atoms with Crippen LogP contribution in [0.2, 0.25) is 0 Å². The van der Waals surface area contributed by atoms with Crippen LogP contribution in [-0.4, -0.2) is 40.5 Å². The SMILES string of the molecule is CSc1ccc(-c2ccc([C@H](N([C@@H](CC(C)(C)F)C(N)=O)C3(C#N)CC3)C(F)(F)F)cc2)cc1. The van der Waals surface area contributed by atoms with Crippen molar-refractivity contribution in [3.63, 3.8) is 0 Å². The van der Waals surface area contributed by atoms with E-state index in [1.54, 1.807) is 23.9 Å². The Morgan fingerprint density at radius 1 is 1.09 bits per heavy atom. The minimum Gasteiger partial charge on any atom is -0.368 e. The van der Waals surface area contributed by atoms with Crippen molar-refractivity contribution in [2.75, 3.05) is 6.26 Å². The molecule has 1 fully saturated rings. The highest BCUT2D eigenvalue weighted by atomic mass is 32.2. The van der Waals surface area contributed by atoms with Gasteiger partial charge in [-0.2, -0.15) is 18.4 Å². The summed E-state index contributed by atoms with van der Waals surface area (Å²) in [5, 5.41) is 9.75. The number of benzene rings is 2. The summed E-state index contributed by atoms with van der Waals surface area (Å²) in [7, 11) is 0. The van der Waals surface area contributed by atoms with Crippen LogP contribution in [0.4, 0.5) is 17.6 Å². The maximum absolute atomic E-state index is 14.5. The molecule has 0 saturated heterocycles. The molecule has 9 heteroatoms. The smallest absolute Gasteiger partial charge is 0.368 e. The van der Waals surface area contributed by atoms with Crippen LogP contribution < -0.4 is 5.73 Å². The molecule has 4 nitrogen and oxygen atoms in total. The number of primary amides is 1. The van der Waals surface area contributed by atoms with Crippen LogP contribution in [0.1, 0.15) is 44.7 Å². The van der Waals surface area contributed by atoms with Gasteiger partial charge in [-0.15, -0.1) is 11.8 Å². The second-order valence-corrected chi connectivity index (χ2v) is 10.1. The van der Waals surface area contributed by atoms with Crippen molar-refractivity contribution in [2.24, 2.45) is 5.73 Å². The van der Waals surface area contributed by atoms with E-state index in [9.17, 15) is 27.6 Å². The van der Waals surface area contributed by atoms with E-state index >= 15 is 0 Å². The Morgan fingerprint density at radius 2 is 1.59 bits per heavy atom. The Morgan fingerprint density at radius 3 is 1.94 bits per heavy atom. The second-order valence-electron chi connectivity index (χ2n) is 9.19. The summed E-state index contributed by atoms with van der Waals surface area (Å²) in [5.41, 5.74) is 3.41. The molecule has 2 aromatic carbocycles. The summed E-state index contributed by atoms with van der Waals surface area (Å²) in [5.74, 6) is -1.09. The maximum atomic E-state index is 14.5. The molecule has 0 aliphatic heterocycles. The summed E-state index contributed by atoms with van der Waals surface area (Å²) >= 11 is 1.58. The molecule has 1 aliphatic rings. The van der Waals surface area contributed by atoms with Crippen LogP contribution >= 0.6 is 11.8 Å². The van der Waals surface area contributed by atoms with E-state index in [4.69, 9.17) is 5.73 Å². The molecule has 0 bridgehead atoms. The Balaban J connectivity index is 2.07. The molecule has 0 radical (unpaired) electrons. The fourth-order valence-corrected chi connectivity index (χ4v) is 4.62. The molecule has 1 aliphatic carbocycles. The summed E-state index contributed by atoms with van der Waals surface area (Å²) in [6, 6.07) is 11.5. The standard InChI is InChI=1S/C25H27F4N3OS/c1-23(2,26)14-20(22(31)33)32(24(15-30)12-13-24)21(25(27,28)29)18-6-4-16(5-7-18)17-8-10-19(34-3)11-9-17/h4-11,20-21H,12-14H2,1-3H3,(H2,31,33)/t20-,21-/m0/s1. The van der Waals surface area contributed by atoms with Gasteiger partial charge in [0.15, 0.2) is 0 Å². The monoisotopic (exact) mass is 493 g/mol. The van der Waals surface area contributed by atoms with Gasteiger partial charge in [0.2, 0.25) is 5.91 Å². The number of alkyl halides is 4. The van der Waals surface area contributed by atoms with Gasteiger partial charge in [-0.1, -0.05) is 36.4 Å². The minimum atomic E-state index is -4.83. The third-order valence-electron chi connectivity index (χ3n) is 6.01. The number of nitrogens with two attached hydrogens (primary N) is 1. The predicted molar refractivity (Wildman–Crippen MR) is 125 cm³/mol. The first-order valence-electron chi connectivity index (χ1n) is 10.8. The van der Waals surface area contributed by atoms with E-state index in [-0.39, 0.29) is 18.4 Å². The van der Waals surface area contributed by atoms with Gasteiger partial charge >= 0.3 is 6.18 Å². The number of hydrogen-bond acceptors (Lipinski definition) is 4. The number of thioether (sulfide) groups is 1. The minimum absolute atomic E-state index is 0.138. The van der Waals surface area contributed by atoms with Crippen molar-refractivity contribution in [3.8, 4) is 17.2 Å². The van der Waals surface area contributed by atoms with Gasteiger partial charge in [-0.05, 0) is 61.8 Å². The molecule has 2 N–H and O–H groups in total. The normalized spacial score (nSPS) is 17.1. The van der Waals surface area contributed by atoms with E-state index in [2.05, 4.69) is 0 Å². The lowest BCUT2D eigenvalue weighted by atomic mass is 9.92. The Kier molecular flexibility index (Phi) is 7.34. The summed E-state index contributed by atoms with van der Waals surface area (Å²) in [6.45, 7) is 2.35. The molecule has 182 valence electrons. The van der Waals surface area contributed by atoms with Gasteiger partial charge in [-0.3, -0.25) is 9.69 Å². The molecule has 1 amide bonds. The molecule has 1 saturated carbocycles. The quantitative estimate of drug-likeness (QED) is 0.342. The van der Waals surface area contributed by atoms with Crippen molar-refractivity contribution in [2.45, 2.75) is 67.5 Å². The van der Waals surface area contributed by atoms with Gasteiger partial charge in [0, 0.05) is 11.3 Å². The molecule has 0 unspecified atom stereocenters. The summed E-state index contributed by atoms with van der Waals surface area (Å²) in [6.07, 6.45) is -3.15. The van der Waals surface area contributed by atoms with Crippen molar-refractivity contribution in [1.29, 1.82) is 5.26 Å². The highest BCUT2D eigenvalue weighted by Gasteiger charge is 2.61. The van der Waals surface area contributed by atoms with Crippen LogP contribution in [0.15, 0.2) is 53.4 Å². The zero-order valence-electron chi connectivity index (χ0n) is 19.2. The van der Waals surface area contributed by atoms with Gasteiger partial charge in [0.25, 0.3) is 0 Å². The molecule has 2 aromatic rings. The molecular formula is C25H27F4N3OS. The van der Waals surface area contributed by atoms with Crippen molar-refractivity contribution in [3.05, 3.63) is 54.1 Å².